The normalized spacial score (nSPS) is 11.9. The molecule has 0 atom stereocenters. The number of aromatic nitrogens is 6. The van der Waals surface area contributed by atoms with Crippen LogP contribution in [0.5, 0.6) is 0 Å². The zero-order valence-corrected chi connectivity index (χ0v) is 12.6. The van der Waals surface area contributed by atoms with Crippen molar-refractivity contribution >= 4 is 23.1 Å². The highest BCUT2D eigenvalue weighted by molar-refractivity contribution is 5.92. The van der Waals surface area contributed by atoms with Crippen LogP contribution in [0, 0.1) is 10.1 Å². The number of amidine groups is 1. The summed E-state index contributed by atoms with van der Waals surface area (Å²) in [4.78, 5) is 18.5. The molecule has 0 saturated carbocycles. The van der Waals surface area contributed by atoms with E-state index in [0.717, 1.165) is 0 Å². The lowest BCUT2D eigenvalue weighted by atomic mass is 10.5. The summed E-state index contributed by atoms with van der Waals surface area (Å²) in [5, 5.41) is 26.4. The standard InChI is InChI=1S/C12H13N9O2/c1-7(13-2)15-8-4-5-9-16-17-12(20(9)18-8)11-14-6-10(19(11)3)21(22)23/h4-6H,1-3H3,(H,13,15,18). The number of nitrogens with zero attached hydrogens (tertiary/aromatic N) is 8. The fourth-order valence-corrected chi connectivity index (χ4v) is 2.01. The highest BCUT2D eigenvalue weighted by Gasteiger charge is 2.23. The minimum absolute atomic E-state index is 0.139. The molecule has 0 amide bonds. The van der Waals surface area contributed by atoms with Gasteiger partial charge in [-0.1, -0.05) is 0 Å². The largest absolute Gasteiger partial charge is 0.358 e. The van der Waals surface area contributed by atoms with Crippen LogP contribution in [0.15, 0.2) is 23.3 Å². The number of hydrogen-bond donors (Lipinski definition) is 1. The fraction of sp³-hybridized carbons (Fsp3) is 0.250. The number of fused-ring (bicyclic) bond motifs is 1. The molecule has 0 aliphatic carbocycles. The Bertz CT molecular complexity index is 924. The Labute approximate surface area is 129 Å². The van der Waals surface area contributed by atoms with Gasteiger partial charge in [0, 0.05) is 7.05 Å². The molecular weight excluding hydrogens is 302 g/mol. The molecule has 0 saturated heterocycles. The van der Waals surface area contributed by atoms with E-state index in [2.05, 4.69) is 30.6 Å². The van der Waals surface area contributed by atoms with Gasteiger partial charge in [-0.15, -0.1) is 15.3 Å². The Kier molecular flexibility index (Phi) is 3.44. The van der Waals surface area contributed by atoms with E-state index in [0.29, 0.717) is 28.9 Å². The van der Waals surface area contributed by atoms with Crippen molar-refractivity contribution in [2.24, 2.45) is 12.0 Å². The van der Waals surface area contributed by atoms with Crippen molar-refractivity contribution in [2.75, 3.05) is 12.4 Å². The van der Waals surface area contributed by atoms with E-state index in [1.807, 2.05) is 0 Å². The smallest absolute Gasteiger partial charge is 0.343 e. The minimum Gasteiger partial charge on any atom is -0.358 e. The zero-order valence-electron chi connectivity index (χ0n) is 12.6. The van der Waals surface area contributed by atoms with Gasteiger partial charge in [0.25, 0.3) is 5.82 Å². The number of aliphatic imine (C=N–C) groups is 1. The third kappa shape index (κ3) is 2.47. The molecule has 3 heterocycles. The van der Waals surface area contributed by atoms with Gasteiger partial charge in [0.05, 0.1) is 12.9 Å². The first-order valence-electron chi connectivity index (χ1n) is 6.60. The summed E-state index contributed by atoms with van der Waals surface area (Å²) in [6.07, 6.45) is 1.17. The van der Waals surface area contributed by atoms with Crippen molar-refractivity contribution in [3.8, 4) is 11.6 Å². The van der Waals surface area contributed by atoms with Crippen LogP contribution in [0.4, 0.5) is 11.6 Å². The third-order valence-corrected chi connectivity index (χ3v) is 3.26. The van der Waals surface area contributed by atoms with Crippen molar-refractivity contribution < 1.29 is 4.92 Å². The average molecular weight is 315 g/mol. The average Bonchev–Trinajstić information content (AvgIpc) is 3.10. The first-order valence-corrected chi connectivity index (χ1v) is 6.60. The minimum atomic E-state index is -0.513. The maximum Gasteiger partial charge on any atom is 0.343 e. The van der Waals surface area contributed by atoms with Gasteiger partial charge in [0.1, 0.15) is 6.20 Å². The Balaban J connectivity index is 2.11. The molecule has 11 nitrogen and oxygen atoms in total. The number of hydrogen-bond acceptors (Lipinski definition) is 7. The van der Waals surface area contributed by atoms with Gasteiger partial charge < -0.3 is 15.4 Å². The molecule has 0 unspecified atom stereocenters. The quantitative estimate of drug-likeness (QED) is 0.329. The lowest BCUT2D eigenvalue weighted by Gasteiger charge is -2.04. The second kappa shape index (κ2) is 5.44. The van der Waals surface area contributed by atoms with Gasteiger partial charge in [0.15, 0.2) is 11.5 Å². The summed E-state index contributed by atoms with van der Waals surface area (Å²) in [5.41, 5.74) is 0.502. The molecule has 118 valence electrons. The van der Waals surface area contributed by atoms with Gasteiger partial charge >= 0.3 is 5.82 Å². The monoisotopic (exact) mass is 315 g/mol. The maximum atomic E-state index is 10.9. The van der Waals surface area contributed by atoms with E-state index >= 15 is 0 Å². The molecular formula is C12H13N9O2. The summed E-state index contributed by atoms with van der Waals surface area (Å²) in [7, 11) is 3.20. The van der Waals surface area contributed by atoms with E-state index < -0.39 is 4.92 Å². The topological polar surface area (TPSA) is 128 Å². The van der Waals surface area contributed by atoms with E-state index in [1.54, 1.807) is 26.1 Å². The molecule has 0 radical (unpaired) electrons. The van der Waals surface area contributed by atoms with Gasteiger partial charge in [-0.2, -0.15) is 4.52 Å². The first kappa shape index (κ1) is 14.6. The Morgan fingerprint density at radius 1 is 1.35 bits per heavy atom. The van der Waals surface area contributed by atoms with E-state index in [-0.39, 0.29) is 5.82 Å². The molecule has 1 N–H and O–H groups in total. The molecule has 0 aromatic carbocycles. The van der Waals surface area contributed by atoms with Gasteiger partial charge in [-0.05, 0) is 24.0 Å². The summed E-state index contributed by atoms with van der Waals surface area (Å²) >= 11 is 0. The number of imidazole rings is 1. The second-order valence-corrected chi connectivity index (χ2v) is 4.70. The molecule has 0 spiro atoms. The van der Waals surface area contributed by atoms with Crippen LogP contribution >= 0.6 is 0 Å². The van der Waals surface area contributed by atoms with Crippen molar-refractivity contribution in [2.45, 2.75) is 6.92 Å². The summed E-state index contributed by atoms with van der Waals surface area (Å²) < 4.78 is 2.80. The van der Waals surface area contributed by atoms with E-state index in [1.165, 1.54) is 22.3 Å². The second-order valence-electron chi connectivity index (χ2n) is 4.70. The third-order valence-electron chi connectivity index (χ3n) is 3.26. The number of nitro groups is 1. The SMILES string of the molecule is CN=C(C)Nc1ccc2nnc(-c3ncc([N+](=O)[O-])n3C)n2n1. The summed E-state index contributed by atoms with van der Waals surface area (Å²) in [5.74, 6) is 1.71. The molecule has 0 aliphatic rings. The maximum absolute atomic E-state index is 10.9. The lowest BCUT2D eigenvalue weighted by molar-refractivity contribution is -0.391. The number of anilines is 1. The van der Waals surface area contributed by atoms with Gasteiger partial charge in [0.2, 0.25) is 5.82 Å². The van der Waals surface area contributed by atoms with Crippen molar-refractivity contribution in [1.29, 1.82) is 0 Å². The van der Waals surface area contributed by atoms with Crippen molar-refractivity contribution in [1.82, 2.24) is 29.4 Å². The van der Waals surface area contributed by atoms with Gasteiger partial charge in [-0.3, -0.25) is 4.99 Å². The summed E-state index contributed by atoms with van der Waals surface area (Å²) in [6.45, 7) is 1.81. The zero-order chi connectivity index (χ0) is 16.6. The van der Waals surface area contributed by atoms with Crippen LogP contribution in [-0.2, 0) is 7.05 Å². The Morgan fingerprint density at radius 2 is 2.13 bits per heavy atom. The number of nitrogens with one attached hydrogen (secondary N) is 1. The lowest BCUT2D eigenvalue weighted by Crippen LogP contribution is -2.10. The first-order chi connectivity index (χ1) is 11.0. The van der Waals surface area contributed by atoms with E-state index in [4.69, 9.17) is 0 Å². The predicted octanol–water partition coefficient (Wildman–Crippen LogP) is 0.893. The predicted molar refractivity (Wildman–Crippen MR) is 82.3 cm³/mol. The molecule has 0 fully saturated rings. The summed E-state index contributed by atoms with van der Waals surface area (Å²) in [6, 6.07) is 3.47. The highest BCUT2D eigenvalue weighted by Crippen LogP contribution is 2.21. The number of rotatable bonds is 3. The fourth-order valence-electron chi connectivity index (χ4n) is 2.01. The molecule has 23 heavy (non-hydrogen) atoms. The molecule has 3 aromatic rings. The molecule has 3 aromatic heterocycles. The van der Waals surface area contributed by atoms with Crippen LogP contribution in [0.25, 0.3) is 17.3 Å². The Morgan fingerprint density at radius 3 is 2.78 bits per heavy atom. The van der Waals surface area contributed by atoms with Crippen LogP contribution in [0.1, 0.15) is 6.92 Å². The van der Waals surface area contributed by atoms with Crippen LogP contribution in [0.2, 0.25) is 0 Å². The van der Waals surface area contributed by atoms with Crippen molar-refractivity contribution in [3.05, 3.63) is 28.4 Å². The Hall–Kier alpha value is -3.37. The van der Waals surface area contributed by atoms with Crippen LogP contribution < -0.4 is 5.32 Å². The van der Waals surface area contributed by atoms with Crippen LogP contribution in [0.3, 0.4) is 0 Å². The molecule has 0 aliphatic heterocycles. The van der Waals surface area contributed by atoms with Crippen molar-refractivity contribution in [3.63, 3.8) is 0 Å². The molecule has 0 bridgehead atoms. The van der Waals surface area contributed by atoms with Crippen LogP contribution in [-0.4, -0.2) is 47.2 Å². The van der Waals surface area contributed by atoms with E-state index in [9.17, 15) is 10.1 Å². The molecule has 3 rings (SSSR count). The highest BCUT2D eigenvalue weighted by atomic mass is 16.6. The molecule has 11 heteroatoms. The van der Waals surface area contributed by atoms with Gasteiger partial charge in [-0.25, -0.2) is 9.55 Å².